The number of carbonyl (C=O) groups excluding carboxylic acids is 1. The summed E-state index contributed by atoms with van der Waals surface area (Å²) in [6, 6.07) is 17.5. The van der Waals surface area contributed by atoms with Crippen LogP contribution in [0.2, 0.25) is 0 Å². The van der Waals surface area contributed by atoms with Crippen LogP contribution >= 0.6 is 0 Å². The number of hydrogen-bond donors (Lipinski definition) is 0. The second kappa shape index (κ2) is 10.0. The Morgan fingerprint density at radius 2 is 1.76 bits per heavy atom. The van der Waals surface area contributed by atoms with Crippen molar-refractivity contribution < 1.29 is 9.53 Å². The molecule has 0 saturated carbocycles. The molecule has 0 aromatic heterocycles. The van der Waals surface area contributed by atoms with Gasteiger partial charge in [0.05, 0.1) is 0 Å². The van der Waals surface area contributed by atoms with Crippen molar-refractivity contribution in [2.24, 2.45) is 0 Å². The zero-order valence-corrected chi connectivity index (χ0v) is 14.7. The largest absolute Gasteiger partial charge is 0.444 e. The first kappa shape index (κ1) is 18.4. The monoisotopic (exact) mass is 330 g/mol. The molecule has 0 aliphatic rings. The standard InChI is InChI=1S/C23H22O2/c1-3-4-5-9-16-23(25-19(2)24)22-15-11-10-14-21(22)18-17-20-12-7-6-8-13-20/h6-8,10-15,23H,3-5H2,1-2H3. The molecule has 0 heterocycles. The van der Waals surface area contributed by atoms with Gasteiger partial charge in [-0.1, -0.05) is 73.4 Å². The molecule has 0 saturated heterocycles. The molecular formula is C23H22O2. The molecule has 0 aliphatic carbocycles. The Morgan fingerprint density at radius 3 is 2.48 bits per heavy atom. The van der Waals surface area contributed by atoms with Gasteiger partial charge in [-0.2, -0.15) is 0 Å². The number of hydrogen-bond acceptors (Lipinski definition) is 2. The molecule has 0 fully saturated rings. The maximum atomic E-state index is 11.5. The van der Waals surface area contributed by atoms with E-state index in [-0.39, 0.29) is 5.97 Å². The van der Waals surface area contributed by atoms with Crippen molar-refractivity contribution in [3.63, 3.8) is 0 Å². The number of carbonyl (C=O) groups is 1. The van der Waals surface area contributed by atoms with Gasteiger partial charge in [0.1, 0.15) is 0 Å². The molecule has 2 rings (SSSR count). The quantitative estimate of drug-likeness (QED) is 0.453. The van der Waals surface area contributed by atoms with Crippen molar-refractivity contribution in [1.82, 2.24) is 0 Å². The topological polar surface area (TPSA) is 26.3 Å². The summed E-state index contributed by atoms with van der Waals surface area (Å²) in [5, 5.41) is 0. The van der Waals surface area contributed by atoms with E-state index >= 15 is 0 Å². The Morgan fingerprint density at radius 1 is 1.04 bits per heavy atom. The fourth-order valence-corrected chi connectivity index (χ4v) is 2.27. The van der Waals surface area contributed by atoms with Gasteiger partial charge in [0, 0.05) is 30.0 Å². The molecule has 0 spiro atoms. The summed E-state index contributed by atoms with van der Waals surface area (Å²) in [6.45, 7) is 3.53. The van der Waals surface area contributed by atoms with Gasteiger partial charge in [0.25, 0.3) is 0 Å². The first-order valence-corrected chi connectivity index (χ1v) is 8.52. The molecule has 2 aromatic rings. The van der Waals surface area contributed by atoms with Crippen molar-refractivity contribution in [2.45, 2.75) is 39.2 Å². The Hall–Kier alpha value is -2.97. The summed E-state index contributed by atoms with van der Waals surface area (Å²) >= 11 is 0. The fourth-order valence-electron chi connectivity index (χ4n) is 2.27. The van der Waals surface area contributed by atoms with E-state index in [0.29, 0.717) is 0 Å². The summed E-state index contributed by atoms with van der Waals surface area (Å²) in [7, 11) is 0. The number of benzene rings is 2. The second-order valence-corrected chi connectivity index (χ2v) is 5.62. The van der Waals surface area contributed by atoms with Gasteiger partial charge in [0.2, 0.25) is 0 Å². The zero-order chi connectivity index (χ0) is 17.9. The lowest BCUT2D eigenvalue weighted by Gasteiger charge is -2.13. The van der Waals surface area contributed by atoms with Gasteiger partial charge in [-0.3, -0.25) is 4.79 Å². The molecule has 2 heteroatoms. The summed E-state index contributed by atoms with van der Waals surface area (Å²) < 4.78 is 5.43. The SMILES string of the molecule is CCCCC#CC(OC(C)=O)c1ccccc1C#Cc1ccccc1. The van der Waals surface area contributed by atoms with E-state index in [1.807, 2.05) is 54.6 Å². The Labute approximate surface area is 150 Å². The van der Waals surface area contributed by atoms with Crippen molar-refractivity contribution in [3.05, 3.63) is 71.3 Å². The van der Waals surface area contributed by atoms with Crippen molar-refractivity contribution in [3.8, 4) is 23.7 Å². The third-order valence-corrected chi connectivity index (χ3v) is 3.53. The van der Waals surface area contributed by atoms with Crippen LogP contribution in [0.4, 0.5) is 0 Å². The molecule has 1 atom stereocenters. The highest BCUT2D eigenvalue weighted by molar-refractivity contribution is 5.67. The number of unbranched alkanes of at least 4 members (excludes halogenated alkanes) is 2. The van der Waals surface area contributed by atoms with E-state index < -0.39 is 6.10 Å². The molecule has 0 N–H and O–H groups in total. The van der Waals surface area contributed by atoms with Gasteiger partial charge >= 0.3 is 5.97 Å². The van der Waals surface area contributed by atoms with Crippen molar-refractivity contribution in [1.29, 1.82) is 0 Å². The van der Waals surface area contributed by atoms with Crippen LogP contribution in [0.3, 0.4) is 0 Å². The molecule has 25 heavy (non-hydrogen) atoms. The molecule has 0 amide bonds. The molecule has 0 aliphatic heterocycles. The molecule has 2 nitrogen and oxygen atoms in total. The summed E-state index contributed by atoms with van der Waals surface area (Å²) in [5.41, 5.74) is 2.59. The van der Waals surface area contributed by atoms with Crippen LogP contribution < -0.4 is 0 Å². The molecule has 1 unspecified atom stereocenters. The van der Waals surface area contributed by atoms with E-state index in [9.17, 15) is 4.79 Å². The predicted molar refractivity (Wildman–Crippen MR) is 101 cm³/mol. The van der Waals surface area contributed by atoms with E-state index in [1.54, 1.807) is 0 Å². The van der Waals surface area contributed by atoms with Crippen LogP contribution in [0, 0.1) is 23.7 Å². The average Bonchev–Trinajstić information content (AvgIpc) is 2.63. The molecule has 0 radical (unpaired) electrons. The Balaban J connectivity index is 2.32. The third kappa shape index (κ3) is 6.21. The first-order valence-electron chi connectivity index (χ1n) is 8.52. The maximum absolute atomic E-state index is 11.5. The number of ether oxygens (including phenoxy) is 1. The number of rotatable bonds is 4. The van der Waals surface area contributed by atoms with Crippen LogP contribution in [-0.2, 0) is 9.53 Å². The fraction of sp³-hybridized carbons (Fsp3) is 0.261. The Bertz CT molecular complexity index is 814. The zero-order valence-electron chi connectivity index (χ0n) is 14.7. The van der Waals surface area contributed by atoms with E-state index in [0.717, 1.165) is 36.0 Å². The van der Waals surface area contributed by atoms with Crippen molar-refractivity contribution >= 4 is 5.97 Å². The minimum Gasteiger partial charge on any atom is -0.444 e. The van der Waals surface area contributed by atoms with Crippen LogP contribution in [0.15, 0.2) is 54.6 Å². The van der Waals surface area contributed by atoms with Gasteiger partial charge in [-0.15, -0.1) is 0 Å². The summed E-state index contributed by atoms with van der Waals surface area (Å²) in [4.78, 5) is 11.5. The van der Waals surface area contributed by atoms with Crippen molar-refractivity contribution in [2.75, 3.05) is 0 Å². The minimum absolute atomic E-state index is 0.347. The van der Waals surface area contributed by atoms with Gasteiger partial charge in [-0.05, 0) is 24.6 Å². The van der Waals surface area contributed by atoms with Crippen LogP contribution in [0.25, 0.3) is 0 Å². The van der Waals surface area contributed by atoms with Gasteiger partial charge < -0.3 is 4.74 Å². The molecule has 0 bridgehead atoms. The highest BCUT2D eigenvalue weighted by atomic mass is 16.5. The smallest absolute Gasteiger partial charge is 0.304 e. The lowest BCUT2D eigenvalue weighted by Crippen LogP contribution is -2.08. The molecule has 126 valence electrons. The number of esters is 1. The summed E-state index contributed by atoms with van der Waals surface area (Å²) in [6.07, 6.45) is 2.34. The summed E-state index contributed by atoms with van der Waals surface area (Å²) in [5.74, 6) is 12.2. The van der Waals surface area contributed by atoms with E-state index in [4.69, 9.17) is 4.74 Å². The maximum Gasteiger partial charge on any atom is 0.304 e. The lowest BCUT2D eigenvalue weighted by atomic mass is 10.0. The minimum atomic E-state index is -0.587. The van der Waals surface area contributed by atoms with E-state index in [1.165, 1.54) is 6.92 Å². The molecule has 2 aromatic carbocycles. The highest BCUT2D eigenvalue weighted by Gasteiger charge is 2.14. The lowest BCUT2D eigenvalue weighted by molar-refractivity contribution is -0.144. The average molecular weight is 330 g/mol. The van der Waals surface area contributed by atoms with Crippen LogP contribution in [0.5, 0.6) is 0 Å². The molecular weight excluding hydrogens is 308 g/mol. The third-order valence-electron chi connectivity index (χ3n) is 3.53. The Kier molecular flexibility index (Phi) is 7.36. The highest BCUT2D eigenvalue weighted by Crippen LogP contribution is 2.21. The van der Waals surface area contributed by atoms with E-state index in [2.05, 4.69) is 30.6 Å². The predicted octanol–water partition coefficient (Wildman–Crippen LogP) is 4.88. The first-order chi connectivity index (χ1) is 12.2. The second-order valence-electron chi connectivity index (χ2n) is 5.62. The van der Waals surface area contributed by atoms with Gasteiger partial charge in [0.15, 0.2) is 6.10 Å². The van der Waals surface area contributed by atoms with Gasteiger partial charge in [-0.25, -0.2) is 0 Å². The van der Waals surface area contributed by atoms with Crippen LogP contribution in [0.1, 0.15) is 55.9 Å². The van der Waals surface area contributed by atoms with Crippen LogP contribution in [-0.4, -0.2) is 5.97 Å². The normalized spacial score (nSPS) is 10.6.